The molecule has 0 aliphatic carbocycles. The Bertz CT molecular complexity index is 1020. The van der Waals surface area contributed by atoms with Crippen LogP contribution in [0.4, 0.5) is 23.0 Å². The van der Waals surface area contributed by atoms with Gasteiger partial charge >= 0.3 is 0 Å². The van der Waals surface area contributed by atoms with E-state index in [1.165, 1.54) is 5.69 Å². The Morgan fingerprint density at radius 1 is 1.03 bits per heavy atom. The molecule has 8 nitrogen and oxygen atoms in total. The van der Waals surface area contributed by atoms with Crippen molar-refractivity contribution in [2.45, 2.75) is 13.0 Å². The molecule has 31 heavy (non-hydrogen) atoms. The molecule has 0 spiro atoms. The predicted octanol–water partition coefficient (Wildman–Crippen LogP) is 3.01. The summed E-state index contributed by atoms with van der Waals surface area (Å²) in [5.41, 5.74) is 9.98. The molecule has 0 radical (unpaired) electrons. The van der Waals surface area contributed by atoms with Crippen LogP contribution in [0, 0.1) is 0 Å². The lowest BCUT2D eigenvalue weighted by molar-refractivity contribution is -0.118. The van der Waals surface area contributed by atoms with Crippen LogP contribution in [0.2, 0.25) is 0 Å². The van der Waals surface area contributed by atoms with Crippen molar-refractivity contribution in [3.8, 4) is 11.3 Å². The highest BCUT2D eigenvalue weighted by molar-refractivity contribution is 5.82. The number of carbonyl (C=O) groups excluding carboxylic acids is 1. The minimum atomic E-state index is -0.435. The normalized spacial score (nSPS) is 14.7. The Balaban J connectivity index is 1.43. The lowest BCUT2D eigenvalue weighted by atomic mass is 10.1. The maximum Gasteiger partial charge on any atom is 0.239 e. The van der Waals surface area contributed by atoms with E-state index in [2.05, 4.69) is 37.6 Å². The van der Waals surface area contributed by atoms with Gasteiger partial charge in [-0.3, -0.25) is 4.79 Å². The summed E-state index contributed by atoms with van der Waals surface area (Å²) in [6.45, 7) is 5.08. The van der Waals surface area contributed by atoms with E-state index in [-0.39, 0.29) is 0 Å². The highest BCUT2D eigenvalue weighted by atomic mass is 16.5. The van der Waals surface area contributed by atoms with Crippen LogP contribution in [-0.2, 0) is 9.53 Å². The average Bonchev–Trinajstić information content (AvgIpc) is 2.81. The van der Waals surface area contributed by atoms with E-state index in [1.807, 2.05) is 42.5 Å². The van der Waals surface area contributed by atoms with Crippen molar-refractivity contribution in [2.75, 3.05) is 41.8 Å². The first-order valence-electron chi connectivity index (χ1n) is 10.3. The number of nitrogens with one attached hydrogen (secondary N) is 2. The number of rotatable bonds is 7. The molecule has 160 valence electrons. The molecule has 1 aliphatic rings. The summed E-state index contributed by atoms with van der Waals surface area (Å²) in [5, 5.41) is 6.33. The Morgan fingerprint density at radius 2 is 1.71 bits per heavy atom. The molecule has 3 aromatic rings. The molecule has 1 saturated heterocycles. The van der Waals surface area contributed by atoms with Gasteiger partial charge in [-0.25, -0.2) is 9.97 Å². The highest BCUT2D eigenvalue weighted by Gasteiger charge is 2.11. The molecule has 2 aromatic carbocycles. The molecule has 4 N–H and O–H groups in total. The van der Waals surface area contributed by atoms with Gasteiger partial charge < -0.3 is 26.0 Å². The number of aromatic nitrogens is 2. The molecule has 8 heteroatoms. The van der Waals surface area contributed by atoms with Crippen molar-refractivity contribution in [3.05, 3.63) is 60.8 Å². The van der Waals surface area contributed by atoms with Gasteiger partial charge in [-0.2, -0.15) is 0 Å². The molecule has 1 fully saturated rings. The van der Waals surface area contributed by atoms with Crippen LogP contribution in [0.1, 0.15) is 6.92 Å². The zero-order valence-electron chi connectivity index (χ0n) is 17.4. The third-order valence-corrected chi connectivity index (χ3v) is 5.15. The van der Waals surface area contributed by atoms with Gasteiger partial charge in [-0.15, -0.1) is 0 Å². The number of ether oxygens (including phenoxy) is 1. The number of carbonyl (C=O) groups is 1. The van der Waals surface area contributed by atoms with Crippen LogP contribution < -0.4 is 21.3 Å². The van der Waals surface area contributed by atoms with E-state index >= 15 is 0 Å². The van der Waals surface area contributed by atoms with Crippen LogP contribution >= 0.6 is 0 Å². The fourth-order valence-electron chi connectivity index (χ4n) is 3.34. The number of anilines is 4. The van der Waals surface area contributed by atoms with Crippen molar-refractivity contribution < 1.29 is 9.53 Å². The lowest BCUT2D eigenvalue weighted by Crippen LogP contribution is -2.36. The van der Waals surface area contributed by atoms with Gasteiger partial charge in [0.1, 0.15) is 6.04 Å². The van der Waals surface area contributed by atoms with E-state index < -0.39 is 11.9 Å². The van der Waals surface area contributed by atoms with Crippen molar-refractivity contribution in [3.63, 3.8) is 0 Å². The van der Waals surface area contributed by atoms with Crippen molar-refractivity contribution in [2.24, 2.45) is 5.73 Å². The molecule has 4 rings (SSSR count). The molecule has 0 saturated carbocycles. The number of morpholine rings is 1. The van der Waals surface area contributed by atoms with Crippen molar-refractivity contribution in [1.82, 2.24) is 9.97 Å². The van der Waals surface area contributed by atoms with Gasteiger partial charge in [0.2, 0.25) is 11.9 Å². The zero-order chi connectivity index (χ0) is 21.6. The molecule has 1 amide bonds. The summed E-state index contributed by atoms with van der Waals surface area (Å²) < 4.78 is 5.41. The van der Waals surface area contributed by atoms with Gasteiger partial charge in [0, 0.05) is 41.9 Å². The van der Waals surface area contributed by atoms with Gasteiger partial charge in [0.05, 0.1) is 18.9 Å². The van der Waals surface area contributed by atoms with Gasteiger partial charge in [0.25, 0.3) is 0 Å². The van der Waals surface area contributed by atoms with E-state index in [9.17, 15) is 4.79 Å². The smallest absolute Gasteiger partial charge is 0.239 e. The number of hydrogen-bond donors (Lipinski definition) is 3. The first-order chi connectivity index (χ1) is 15.1. The van der Waals surface area contributed by atoms with E-state index in [0.29, 0.717) is 5.95 Å². The van der Waals surface area contributed by atoms with E-state index in [0.717, 1.165) is 48.9 Å². The van der Waals surface area contributed by atoms with Crippen LogP contribution in [0.25, 0.3) is 11.3 Å². The second-order valence-corrected chi connectivity index (χ2v) is 7.38. The topological polar surface area (TPSA) is 105 Å². The standard InChI is InChI=1S/C23H26N6O2/c1-16(22(24)30)26-18-4-2-17(3-5-18)21-10-11-25-23(28-21)27-19-6-8-20(9-7-19)29-12-14-31-15-13-29/h2-11,16,26H,12-15H2,1H3,(H2,24,30)(H,25,27,28)/t16-/m1/s1. The third-order valence-electron chi connectivity index (χ3n) is 5.15. The Hall–Kier alpha value is -3.65. The summed E-state index contributed by atoms with van der Waals surface area (Å²) in [7, 11) is 0. The molecule has 1 atom stereocenters. The van der Waals surface area contributed by atoms with Gasteiger partial charge in [0.15, 0.2) is 0 Å². The molecule has 0 bridgehead atoms. The first-order valence-corrected chi connectivity index (χ1v) is 10.3. The number of nitrogens with two attached hydrogens (primary N) is 1. The molecule has 1 aromatic heterocycles. The second-order valence-electron chi connectivity index (χ2n) is 7.38. The van der Waals surface area contributed by atoms with E-state index in [4.69, 9.17) is 10.5 Å². The molecular formula is C23H26N6O2. The van der Waals surface area contributed by atoms with Crippen LogP contribution in [0.15, 0.2) is 60.8 Å². The van der Waals surface area contributed by atoms with Crippen LogP contribution in [0.3, 0.4) is 0 Å². The van der Waals surface area contributed by atoms with E-state index in [1.54, 1.807) is 13.1 Å². The Kier molecular flexibility index (Phi) is 6.28. The molecule has 0 unspecified atom stereocenters. The monoisotopic (exact) mass is 418 g/mol. The fraction of sp³-hybridized carbons (Fsp3) is 0.261. The maximum atomic E-state index is 11.2. The second kappa shape index (κ2) is 9.44. The largest absolute Gasteiger partial charge is 0.378 e. The molecule has 2 heterocycles. The fourth-order valence-corrected chi connectivity index (χ4v) is 3.34. The first kappa shape index (κ1) is 20.6. The summed E-state index contributed by atoms with van der Waals surface area (Å²) in [4.78, 5) is 22.5. The minimum Gasteiger partial charge on any atom is -0.378 e. The zero-order valence-corrected chi connectivity index (χ0v) is 17.4. The quantitative estimate of drug-likeness (QED) is 0.542. The summed E-state index contributed by atoms with van der Waals surface area (Å²) >= 11 is 0. The maximum absolute atomic E-state index is 11.2. The summed E-state index contributed by atoms with van der Waals surface area (Å²) in [5.74, 6) is 0.134. The predicted molar refractivity (Wildman–Crippen MR) is 123 cm³/mol. The average molecular weight is 419 g/mol. The van der Waals surface area contributed by atoms with Crippen LogP contribution in [0.5, 0.6) is 0 Å². The van der Waals surface area contributed by atoms with Crippen molar-refractivity contribution in [1.29, 1.82) is 0 Å². The number of benzene rings is 2. The Labute approximate surface area is 181 Å². The summed E-state index contributed by atoms with van der Waals surface area (Å²) in [6, 6.07) is 17.4. The molecular weight excluding hydrogens is 392 g/mol. The number of primary amides is 1. The minimum absolute atomic E-state index is 0.395. The number of amides is 1. The Morgan fingerprint density at radius 3 is 2.39 bits per heavy atom. The lowest BCUT2D eigenvalue weighted by Gasteiger charge is -2.28. The van der Waals surface area contributed by atoms with Crippen molar-refractivity contribution >= 4 is 28.9 Å². The summed E-state index contributed by atoms with van der Waals surface area (Å²) in [6.07, 6.45) is 1.73. The SMILES string of the molecule is C[C@@H](Nc1ccc(-c2ccnc(Nc3ccc(N4CCOCC4)cc3)n2)cc1)C(N)=O. The van der Waals surface area contributed by atoms with Gasteiger partial charge in [-0.05, 0) is 49.4 Å². The highest BCUT2D eigenvalue weighted by Crippen LogP contribution is 2.23. The molecule has 1 aliphatic heterocycles. The number of nitrogens with zero attached hydrogens (tertiary/aromatic N) is 3. The third kappa shape index (κ3) is 5.29. The van der Waals surface area contributed by atoms with Crippen LogP contribution in [-0.4, -0.2) is 48.2 Å². The number of hydrogen-bond acceptors (Lipinski definition) is 7. The van der Waals surface area contributed by atoms with Gasteiger partial charge in [-0.1, -0.05) is 12.1 Å².